The van der Waals surface area contributed by atoms with Crippen molar-refractivity contribution in [2.24, 2.45) is 0 Å². The highest BCUT2D eigenvalue weighted by Crippen LogP contribution is 1.94. The fourth-order valence-corrected chi connectivity index (χ4v) is 0.922. The van der Waals surface area contributed by atoms with Gasteiger partial charge in [0, 0.05) is 0 Å². The molecule has 0 aromatic heterocycles. The van der Waals surface area contributed by atoms with Crippen molar-refractivity contribution in [1.82, 2.24) is 4.90 Å². The van der Waals surface area contributed by atoms with Crippen molar-refractivity contribution in [2.75, 3.05) is 20.1 Å². The van der Waals surface area contributed by atoms with Gasteiger partial charge >= 0.3 is 0 Å². The summed E-state index contributed by atoms with van der Waals surface area (Å²) in [5, 5.41) is 0. The van der Waals surface area contributed by atoms with E-state index in [1.807, 2.05) is 0 Å². The second kappa shape index (κ2) is 7.80. The van der Waals surface area contributed by atoms with Gasteiger partial charge in [-0.05, 0) is 39.4 Å². The van der Waals surface area contributed by atoms with E-state index in [1.54, 1.807) is 0 Å². The van der Waals surface area contributed by atoms with E-state index in [0.717, 1.165) is 6.54 Å². The molecule has 1 nitrogen and oxygen atoms in total. The summed E-state index contributed by atoms with van der Waals surface area (Å²) in [6, 6.07) is 0. The Labute approximate surface area is 71.1 Å². The lowest BCUT2D eigenvalue weighted by atomic mass is 10.2. The van der Waals surface area contributed by atoms with Crippen LogP contribution in [-0.2, 0) is 0 Å². The maximum atomic E-state index is 2.35. The second-order valence-electron chi connectivity index (χ2n) is 2.92. The largest absolute Gasteiger partial charge is 0.307 e. The SMILES string of the molecule is CC/C=C\CCCN(C)CC. The summed E-state index contributed by atoms with van der Waals surface area (Å²) >= 11 is 0. The third-order valence-corrected chi connectivity index (χ3v) is 1.85. The Balaban J connectivity index is 3.07. The first-order valence-corrected chi connectivity index (χ1v) is 4.64. The first-order chi connectivity index (χ1) is 5.31. The van der Waals surface area contributed by atoms with Crippen molar-refractivity contribution < 1.29 is 0 Å². The van der Waals surface area contributed by atoms with E-state index in [1.165, 1.54) is 25.8 Å². The van der Waals surface area contributed by atoms with Crippen molar-refractivity contribution in [2.45, 2.75) is 33.1 Å². The molecule has 0 amide bonds. The van der Waals surface area contributed by atoms with Gasteiger partial charge in [0.25, 0.3) is 0 Å². The molecule has 0 aromatic carbocycles. The van der Waals surface area contributed by atoms with Gasteiger partial charge in [-0.15, -0.1) is 0 Å². The summed E-state index contributed by atoms with van der Waals surface area (Å²) in [5.74, 6) is 0. The Morgan fingerprint density at radius 3 is 2.45 bits per heavy atom. The third-order valence-electron chi connectivity index (χ3n) is 1.85. The summed E-state index contributed by atoms with van der Waals surface area (Å²) < 4.78 is 0. The van der Waals surface area contributed by atoms with Crippen molar-refractivity contribution in [3.05, 3.63) is 12.2 Å². The van der Waals surface area contributed by atoms with Crippen LogP contribution in [-0.4, -0.2) is 25.0 Å². The highest BCUT2D eigenvalue weighted by Gasteiger charge is 1.90. The normalized spacial score (nSPS) is 11.6. The first-order valence-electron chi connectivity index (χ1n) is 4.64. The summed E-state index contributed by atoms with van der Waals surface area (Å²) in [4.78, 5) is 2.35. The second-order valence-corrected chi connectivity index (χ2v) is 2.92. The summed E-state index contributed by atoms with van der Waals surface area (Å²) in [5.41, 5.74) is 0. The van der Waals surface area contributed by atoms with Crippen LogP contribution in [0.4, 0.5) is 0 Å². The number of hydrogen-bond acceptors (Lipinski definition) is 1. The predicted molar refractivity (Wildman–Crippen MR) is 51.8 cm³/mol. The highest BCUT2D eigenvalue weighted by atomic mass is 15.1. The number of allylic oxidation sites excluding steroid dienone is 2. The Kier molecular flexibility index (Phi) is 7.59. The van der Waals surface area contributed by atoms with E-state index in [9.17, 15) is 0 Å². The van der Waals surface area contributed by atoms with E-state index in [2.05, 4.69) is 37.9 Å². The van der Waals surface area contributed by atoms with Gasteiger partial charge in [-0.2, -0.15) is 0 Å². The molecule has 0 saturated heterocycles. The number of hydrogen-bond donors (Lipinski definition) is 0. The van der Waals surface area contributed by atoms with Crippen LogP contribution >= 0.6 is 0 Å². The Morgan fingerprint density at radius 1 is 1.18 bits per heavy atom. The topological polar surface area (TPSA) is 3.24 Å². The van der Waals surface area contributed by atoms with Crippen LogP contribution in [0.1, 0.15) is 33.1 Å². The van der Waals surface area contributed by atoms with Crippen LogP contribution in [0.25, 0.3) is 0 Å². The molecule has 0 aliphatic rings. The van der Waals surface area contributed by atoms with Gasteiger partial charge in [0.1, 0.15) is 0 Å². The number of rotatable bonds is 6. The quantitative estimate of drug-likeness (QED) is 0.421. The predicted octanol–water partition coefficient (Wildman–Crippen LogP) is 2.68. The molecule has 0 radical (unpaired) electrons. The standard InChI is InChI=1S/C10H21N/c1-4-6-7-8-9-10-11(3)5-2/h6-7H,4-5,8-10H2,1-3H3/b7-6-. The maximum Gasteiger partial charge on any atom is -0.00190 e. The fraction of sp³-hybridized carbons (Fsp3) is 0.800. The van der Waals surface area contributed by atoms with Gasteiger partial charge in [-0.1, -0.05) is 26.0 Å². The third kappa shape index (κ3) is 7.60. The van der Waals surface area contributed by atoms with Crippen LogP contribution in [0.15, 0.2) is 12.2 Å². The zero-order valence-corrected chi connectivity index (χ0v) is 8.14. The molecule has 0 heterocycles. The van der Waals surface area contributed by atoms with E-state index >= 15 is 0 Å². The van der Waals surface area contributed by atoms with Crippen LogP contribution in [0.5, 0.6) is 0 Å². The molecule has 0 aromatic rings. The van der Waals surface area contributed by atoms with E-state index in [-0.39, 0.29) is 0 Å². The highest BCUT2D eigenvalue weighted by molar-refractivity contribution is 4.79. The Hall–Kier alpha value is -0.300. The van der Waals surface area contributed by atoms with Crippen molar-refractivity contribution >= 4 is 0 Å². The smallest absolute Gasteiger partial charge is 0.00190 e. The minimum atomic E-state index is 1.16. The molecule has 11 heavy (non-hydrogen) atoms. The van der Waals surface area contributed by atoms with Gasteiger partial charge in [-0.3, -0.25) is 0 Å². The monoisotopic (exact) mass is 155 g/mol. The molecule has 0 saturated carbocycles. The van der Waals surface area contributed by atoms with Crippen LogP contribution in [0.3, 0.4) is 0 Å². The van der Waals surface area contributed by atoms with Crippen molar-refractivity contribution in [3.8, 4) is 0 Å². The molecule has 0 N–H and O–H groups in total. The van der Waals surface area contributed by atoms with Crippen LogP contribution in [0.2, 0.25) is 0 Å². The Bertz CT molecular complexity index is 97.0. The van der Waals surface area contributed by atoms with Crippen LogP contribution < -0.4 is 0 Å². The zero-order chi connectivity index (χ0) is 8.53. The molecule has 0 aliphatic carbocycles. The van der Waals surface area contributed by atoms with Gasteiger partial charge < -0.3 is 4.90 Å². The molecule has 0 aliphatic heterocycles. The minimum absolute atomic E-state index is 1.16. The molecule has 66 valence electrons. The summed E-state index contributed by atoms with van der Waals surface area (Å²) in [6.45, 7) is 6.76. The molecular formula is C10H21N. The van der Waals surface area contributed by atoms with Gasteiger partial charge in [0.05, 0.1) is 0 Å². The van der Waals surface area contributed by atoms with Gasteiger partial charge in [-0.25, -0.2) is 0 Å². The summed E-state index contributed by atoms with van der Waals surface area (Å²) in [7, 11) is 2.17. The van der Waals surface area contributed by atoms with E-state index < -0.39 is 0 Å². The Morgan fingerprint density at radius 2 is 1.91 bits per heavy atom. The molecular weight excluding hydrogens is 134 g/mol. The molecule has 0 fully saturated rings. The van der Waals surface area contributed by atoms with Crippen LogP contribution in [0, 0.1) is 0 Å². The molecule has 0 atom stereocenters. The lowest BCUT2D eigenvalue weighted by Gasteiger charge is -2.11. The molecule has 1 heteroatoms. The van der Waals surface area contributed by atoms with Gasteiger partial charge in [0.15, 0.2) is 0 Å². The average Bonchev–Trinajstić information content (AvgIpc) is 2.04. The maximum absolute atomic E-state index is 2.35. The molecule has 0 unspecified atom stereocenters. The lowest BCUT2D eigenvalue weighted by Crippen LogP contribution is -2.18. The number of unbranched alkanes of at least 4 members (excludes halogenated alkanes) is 1. The molecule has 0 rings (SSSR count). The first kappa shape index (κ1) is 10.7. The average molecular weight is 155 g/mol. The summed E-state index contributed by atoms with van der Waals surface area (Å²) in [6.07, 6.45) is 8.22. The molecule has 0 bridgehead atoms. The molecule has 0 spiro atoms. The van der Waals surface area contributed by atoms with E-state index in [4.69, 9.17) is 0 Å². The minimum Gasteiger partial charge on any atom is -0.307 e. The zero-order valence-electron chi connectivity index (χ0n) is 8.14. The number of nitrogens with zero attached hydrogens (tertiary/aromatic N) is 1. The van der Waals surface area contributed by atoms with Gasteiger partial charge in [0.2, 0.25) is 0 Å². The van der Waals surface area contributed by atoms with E-state index in [0.29, 0.717) is 0 Å². The van der Waals surface area contributed by atoms with Crippen molar-refractivity contribution in [1.29, 1.82) is 0 Å². The van der Waals surface area contributed by atoms with Crippen molar-refractivity contribution in [3.63, 3.8) is 0 Å². The lowest BCUT2D eigenvalue weighted by molar-refractivity contribution is 0.348. The fourth-order valence-electron chi connectivity index (χ4n) is 0.922.